The highest BCUT2D eigenvalue weighted by Crippen LogP contribution is 2.30. The lowest BCUT2D eigenvalue weighted by Gasteiger charge is -2.28. The van der Waals surface area contributed by atoms with Crippen molar-refractivity contribution in [1.82, 2.24) is 15.0 Å². The molecule has 9 nitrogen and oxygen atoms in total. The number of rotatable bonds is 12. The number of aryl methyl sites for hydroxylation is 1. The highest BCUT2D eigenvalue weighted by molar-refractivity contribution is 7.97. The molecule has 1 fully saturated rings. The van der Waals surface area contributed by atoms with E-state index in [4.69, 9.17) is 5.14 Å². The van der Waals surface area contributed by atoms with Crippen LogP contribution in [-0.2, 0) is 17.9 Å². The average molecular weight is 597 g/mol. The van der Waals surface area contributed by atoms with Gasteiger partial charge in [0.1, 0.15) is 0 Å². The van der Waals surface area contributed by atoms with Crippen LogP contribution in [0, 0.1) is 25.7 Å². The number of carbonyl (C=O) groups excluding carboxylic acids is 1. The molecule has 43 heavy (non-hydrogen) atoms. The van der Waals surface area contributed by atoms with Gasteiger partial charge in [-0.3, -0.25) is 9.93 Å². The summed E-state index contributed by atoms with van der Waals surface area (Å²) in [6.07, 6.45) is 3.66. The number of benzene rings is 3. The number of anilines is 4. The summed E-state index contributed by atoms with van der Waals surface area (Å²) in [5, 5.41) is 18.8. The molecule has 1 amide bonds. The van der Waals surface area contributed by atoms with Crippen LogP contribution in [-0.4, -0.2) is 27.4 Å². The number of carbonyl (C=O) groups is 1. The second-order valence-corrected chi connectivity index (χ2v) is 11.8. The Morgan fingerprint density at radius 3 is 2.12 bits per heavy atom. The van der Waals surface area contributed by atoms with Gasteiger partial charge in [-0.15, -0.1) is 0 Å². The largest absolute Gasteiger partial charge is 0.354 e. The van der Waals surface area contributed by atoms with E-state index in [0.29, 0.717) is 36.9 Å². The monoisotopic (exact) mass is 596 g/mol. The smallest absolute Gasteiger partial charge is 0.229 e. The SMILES string of the molecule is Cc1cccc(CNc2nc(NCc3ccccc3)nc(NCC3CCC(C(=O)Nc4ccc(SN)cc4)CC3)n2)c1C. The van der Waals surface area contributed by atoms with Gasteiger partial charge in [0.2, 0.25) is 23.8 Å². The molecule has 1 saturated carbocycles. The summed E-state index contributed by atoms with van der Waals surface area (Å²) < 4.78 is 0. The van der Waals surface area contributed by atoms with Crippen molar-refractivity contribution in [3.05, 3.63) is 95.1 Å². The van der Waals surface area contributed by atoms with E-state index in [0.717, 1.165) is 48.4 Å². The number of nitrogens with two attached hydrogens (primary N) is 1. The first-order chi connectivity index (χ1) is 21.0. The molecule has 0 aliphatic heterocycles. The van der Waals surface area contributed by atoms with Gasteiger partial charge in [0.15, 0.2) is 0 Å². The van der Waals surface area contributed by atoms with E-state index in [9.17, 15) is 4.79 Å². The Kier molecular flexibility index (Phi) is 10.5. The quantitative estimate of drug-likeness (QED) is 0.116. The average Bonchev–Trinajstić information content (AvgIpc) is 3.04. The van der Waals surface area contributed by atoms with Crippen molar-refractivity contribution in [3.8, 4) is 0 Å². The van der Waals surface area contributed by atoms with E-state index < -0.39 is 0 Å². The van der Waals surface area contributed by atoms with Crippen molar-refractivity contribution < 1.29 is 4.79 Å². The highest BCUT2D eigenvalue weighted by Gasteiger charge is 2.26. The summed E-state index contributed by atoms with van der Waals surface area (Å²) in [5.41, 5.74) is 5.68. The van der Waals surface area contributed by atoms with Gasteiger partial charge in [-0.25, -0.2) is 0 Å². The first-order valence-electron chi connectivity index (χ1n) is 14.8. The normalized spacial score (nSPS) is 16.3. The highest BCUT2D eigenvalue weighted by atomic mass is 32.2. The number of amides is 1. The summed E-state index contributed by atoms with van der Waals surface area (Å²) in [5.74, 6) is 2.12. The van der Waals surface area contributed by atoms with Crippen molar-refractivity contribution in [1.29, 1.82) is 0 Å². The molecule has 1 aliphatic rings. The van der Waals surface area contributed by atoms with Crippen LogP contribution in [0.2, 0.25) is 0 Å². The first kappa shape index (κ1) is 30.3. The van der Waals surface area contributed by atoms with Crippen LogP contribution in [0.1, 0.15) is 47.9 Å². The molecule has 6 N–H and O–H groups in total. The second-order valence-electron chi connectivity index (χ2n) is 11.1. The van der Waals surface area contributed by atoms with E-state index in [1.807, 2.05) is 42.5 Å². The summed E-state index contributed by atoms with van der Waals surface area (Å²) in [6.45, 7) is 6.23. The maximum Gasteiger partial charge on any atom is 0.229 e. The zero-order valence-electron chi connectivity index (χ0n) is 24.8. The molecule has 4 aromatic rings. The molecule has 10 heteroatoms. The van der Waals surface area contributed by atoms with Crippen molar-refractivity contribution in [3.63, 3.8) is 0 Å². The maximum atomic E-state index is 12.9. The van der Waals surface area contributed by atoms with E-state index in [1.165, 1.54) is 28.6 Å². The fraction of sp³-hybridized carbons (Fsp3) is 0.333. The van der Waals surface area contributed by atoms with Crippen LogP contribution in [0.25, 0.3) is 0 Å². The van der Waals surface area contributed by atoms with Crippen molar-refractivity contribution >= 4 is 41.4 Å². The standard InChI is InChI=1S/C33H40N8OS/c1-22-7-6-10-27(23(22)2)21-37-33-40-31(35-19-24-8-4-3-5-9-24)39-32(41-33)36-20-25-11-13-26(14-12-25)30(42)38-28-15-17-29(43-34)18-16-28/h3-10,15-18,25-26H,11-14,19-21,34H2,1-2H3,(H,38,42)(H3,35,36,37,39,40,41). The number of nitrogens with zero attached hydrogens (tertiary/aromatic N) is 3. The molecule has 1 aliphatic carbocycles. The van der Waals surface area contributed by atoms with Crippen molar-refractivity contribution in [2.45, 2.75) is 57.5 Å². The number of hydrogen-bond acceptors (Lipinski definition) is 9. The predicted octanol–water partition coefficient (Wildman–Crippen LogP) is 6.54. The molecule has 3 aromatic carbocycles. The number of hydrogen-bond donors (Lipinski definition) is 5. The zero-order valence-corrected chi connectivity index (χ0v) is 25.6. The lowest BCUT2D eigenvalue weighted by molar-refractivity contribution is -0.121. The van der Waals surface area contributed by atoms with Gasteiger partial charge in [-0.05, 0) is 104 Å². The number of nitrogens with one attached hydrogen (secondary N) is 4. The van der Waals surface area contributed by atoms with E-state index in [-0.39, 0.29) is 11.8 Å². The third-order valence-electron chi connectivity index (χ3n) is 8.11. The predicted molar refractivity (Wildman–Crippen MR) is 176 cm³/mol. The summed E-state index contributed by atoms with van der Waals surface area (Å²) in [4.78, 5) is 27.8. The molecule has 0 spiro atoms. The molecule has 0 unspecified atom stereocenters. The molecule has 5 rings (SSSR count). The molecule has 0 bridgehead atoms. The Bertz CT molecular complexity index is 1490. The van der Waals surface area contributed by atoms with Crippen LogP contribution in [0.4, 0.5) is 23.5 Å². The van der Waals surface area contributed by atoms with Gasteiger partial charge in [-0.2, -0.15) is 15.0 Å². The lowest BCUT2D eigenvalue weighted by Crippen LogP contribution is -2.29. The van der Waals surface area contributed by atoms with Crippen molar-refractivity contribution in [2.24, 2.45) is 17.0 Å². The lowest BCUT2D eigenvalue weighted by atomic mass is 9.81. The fourth-order valence-electron chi connectivity index (χ4n) is 5.29. The van der Waals surface area contributed by atoms with Gasteiger partial charge in [-0.1, -0.05) is 48.5 Å². The Morgan fingerprint density at radius 2 is 1.44 bits per heavy atom. The second kappa shape index (κ2) is 14.8. The Balaban J connectivity index is 1.18. The first-order valence-corrected chi connectivity index (χ1v) is 15.7. The Hall–Kier alpha value is -4.15. The number of aromatic nitrogens is 3. The Labute approximate surface area is 258 Å². The molecular weight excluding hydrogens is 556 g/mol. The van der Waals surface area contributed by atoms with Crippen LogP contribution >= 0.6 is 11.9 Å². The Morgan fingerprint density at radius 1 is 0.791 bits per heavy atom. The molecule has 0 saturated heterocycles. The minimum absolute atomic E-state index is 0.0201. The van der Waals surface area contributed by atoms with Gasteiger partial charge in [0, 0.05) is 36.1 Å². The van der Waals surface area contributed by atoms with Crippen LogP contribution < -0.4 is 26.4 Å². The van der Waals surface area contributed by atoms with Gasteiger partial charge < -0.3 is 21.3 Å². The molecular formula is C33H40N8OS. The topological polar surface area (TPSA) is 130 Å². The van der Waals surface area contributed by atoms with E-state index in [1.54, 1.807) is 0 Å². The van der Waals surface area contributed by atoms with E-state index >= 15 is 0 Å². The summed E-state index contributed by atoms with van der Waals surface area (Å²) in [7, 11) is 0. The van der Waals surface area contributed by atoms with Gasteiger partial charge in [0.25, 0.3) is 0 Å². The summed E-state index contributed by atoms with van der Waals surface area (Å²) in [6, 6.07) is 24.1. The van der Waals surface area contributed by atoms with Crippen LogP contribution in [0.15, 0.2) is 77.7 Å². The van der Waals surface area contributed by atoms with Crippen molar-refractivity contribution in [2.75, 3.05) is 27.8 Å². The van der Waals surface area contributed by atoms with Gasteiger partial charge in [0.05, 0.1) is 0 Å². The van der Waals surface area contributed by atoms with Gasteiger partial charge >= 0.3 is 0 Å². The molecule has 224 valence electrons. The fourth-order valence-corrected chi connectivity index (χ4v) is 5.59. The minimum atomic E-state index is 0.0201. The molecule has 1 aromatic heterocycles. The molecule has 0 atom stereocenters. The van der Waals surface area contributed by atoms with Crippen LogP contribution in [0.3, 0.4) is 0 Å². The zero-order chi connectivity index (χ0) is 30.0. The maximum absolute atomic E-state index is 12.9. The van der Waals surface area contributed by atoms with E-state index in [2.05, 4.69) is 80.4 Å². The molecule has 1 heterocycles. The third-order valence-corrected chi connectivity index (χ3v) is 8.65. The third kappa shape index (κ3) is 8.68. The minimum Gasteiger partial charge on any atom is -0.354 e. The van der Waals surface area contributed by atoms with Crippen LogP contribution in [0.5, 0.6) is 0 Å². The summed E-state index contributed by atoms with van der Waals surface area (Å²) >= 11 is 1.19. The molecule has 0 radical (unpaired) electrons.